The number of thiophene rings is 1. The predicted molar refractivity (Wildman–Crippen MR) is 114 cm³/mol. The van der Waals surface area contributed by atoms with E-state index in [9.17, 15) is 26.4 Å². The van der Waals surface area contributed by atoms with Crippen LogP contribution in [0, 0.1) is 0 Å². The van der Waals surface area contributed by atoms with E-state index in [1.165, 1.54) is 0 Å². The number of hydrogen-bond acceptors (Lipinski definition) is 6. The fourth-order valence-electron chi connectivity index (χ4n) is 3.66. The smallest absolute Gasteiger partial charge is 0.475 e. The van der Waals surface area contributed by atoms with Crippen LogP contribution in [-0.2, 0) is 26.0 Å². The van der Waals surface area contributed by atoms with Crippen molar-refractivity contribution in [2.24, 2.45) is 0 Å². The molecule has 3 rings (SSSR count). The molecule has 2 fully saturated rings. The largest absolute Gasteiger partial charge is 0.490 e. The van der Waals surface area contributed by atoms with Crippen molar-refractivity contribution in [2.45, 2.75) is 44.3 Å². The first-order valence-corrected chi connectivity index (χ1v) is 12.8. The van der Waals surface area contributed by atoms with Gasteiger partial charge in [-0.2, -0.15) is 17.5 Å². The maximum absolute atomic E-state index is 12.8. The summed E-state index contributed by atoms with van der Waals surface area (Å²) in [5, 5.41) is 12.3. The van der Waals surface area contributed by atoms with Crippen LogP contribution in [0.25, 0.3) is 0 Å². The van der Waals surface area contributed by atoms with E-state index in [1.807, 2.05) is 22.4 Å². The molecule has 182 valence electrons. The summed E-state index contributed by atoms with van der Waals surface area (Å²) in [6.45, 7) is 2.75. The fourth-order valence-corrected chi connectivity index (χ4v) is 5.78. The third-order valence-electron chi connectivity index (χ3n) is 5.29. The molecule has 0 bridgehead atoms. The molecule has 1 saturated heterocycles. The third kappa shape index (κ3) is 8.34. The summed E-state index contributed by atoms with van der Waals surface area (Å²) in [5.74, 6) is -2.67. The van der Waals surface area contributed by atoms with E-state index in [0.29, 0.717) is 39.1 Å². The number of carboxylic acid groups (broad SMARTS) is 1. The number of amides is 1. The molecule has 0 unspecified atom stereocenters. The van der Waals surface area contributed by atoms with Crippen LogP contribution in [0.3, 0.4) is 0 Å². The van der Waals surface area contributed by atoms with Crippen molar-refractivity contribution in [1.29, 1.82) is 0 Å². The lowest BCUT2D eigenvalue weighted by atomic mass is 10.2. The molecule has 8 nitrogen and oxygen atoms in total. The Hall–Kier alpha value is -1.70. The second-order valence-corrected chi connectivity index (χ2v) is 10.7. The second kappa shape index (κ2) is 12.0. The van der Waals surface area contributed by atoms with Gasteiger partial charge < -0.3 is 15.3 Å². The zero-order valence-electron chi connectivity index (χ0n) is 17.5. The normalized spacial score (nSPS) is 18.1. The summed E-state index contributed by atoms with van der Waals surface area (Å²) in [5.41, 5.74) is 0. The molecule has 2 aliphatic rings. The molecular weight excluding hydrogens is 471 g/mol. The highest BCUT2D eigenvalue weighted by Gasteiger charge is 2.38. The molecule has 2 N–H and O–H groups in total. The van der Waals surface area contributed by atoms with Crippen LogP contribution in [0.5, 0.6) is 0 Å². The first-order valence-electron chi connectivity index (χ1n) is 10.3. The highest BCUT2D eigenvalue weighted by atomic mass is 32.2. The Morgan fingerprint density at radius 3 is 2.31 bits per heavy atom. The van der Waals surface area contributed by atoms with Crippen LogP contribution in [-0.4, -0.2) is 85.3 Å². The summed E-state index contributed by atoms with van der Waals surface area (Å²) in [6.07, 6.45) is -0.481. The molecule has 1 aromatic heterocycles. The molecule has 0 spiro atoms. The SMILES string of the molecule is O=C(Cc1cccs1)N(CCS(=O)(=O)N1CCNCC1)C1CCCC1.O=C(O)C(F)(F)F. The first kappa shape index (κ1) is 26.6. The van der Waals surface area contributed by atoms with Crippen molar-refractivity contribution < 1.29 is 36.3 Å². The van der Waals surface area contributed by atoms with Crippen LogP contribution < -0.4 is 5.32 Å². The van der Waals surface area contributed by atoms with Crippen LogP contribution in [0.1, 0.15) is 30.6 Å². The van der Waals surface area contributed by atoms with Gasteiger partial charge in [0.15, 0.2) is 0 Å². The molecule has 0 atom stereocenters. The van der Waals surface area contributed by atoms with Gasteiger partial charge >= 0.3 is 12.1 Å². The van der Waals surface area contributed by atoms with Crippen LogP contribution in [0.15, 0.2) is 17.5 Å². The van der Waals surface area contributed by atoms with Crippen molar-refractivity contribution in [2.75, 3.05) is 38.5 Å². The van der Waals surface area contributed by atoms with E-state index in [4.69, 9.17) is 9.90 Å². The number of hydrogen-bond donors (Lipinski definition) is 2. The number of carbonyl (C=O) groups excluding carboxylic acids is 1. The average Bonchev–Trinajstić information content (AvgIpc) is 3.43. The minimum atomic E-state index is -5.08. The number of rotatable bonds is 7. The number of alkyl halides is 3. The fraction of sp³-hybridized carbons (Fsp3) is 0.684. The molecule has 2 heterocycles. The van der Waals surface area contributed by atoms with E-state index >= 15 is 0 Å². The van der Waals surface area contributed by atoms with E-state index in [1.54, 1.807) is 15.6 Å². The number of carboxylic acids is 1. The Kier molecular flexibility index (Phi) is 9.92. The third-order valence-corrected chi connectivity index (χ3v) is 8.02. The standard InChI is InChI=1S/C17H27N3O3S2.C2HF3O2/c21-17(14-16-6-3-12-24-16)20(15-4-1-2-5-15)11-13-25(22,23)19-9-7-18-8-10-19;3-2(4,5)1(6)7/h3,6,12,15,18H,1-2,4-5,7-11,13-14H2;(H,6,7). The predicted octanol–water partition coefficient (Wildman–Crippen LogP) is 1.93. The van der Waals surface area contributed by atoms with Gasteiger partial charge in [-0.3, -0.25) is 4.79 Å². The van der Waals surface area contributed by atoms with Gasteiger partial charge in [0.1, 0.15) is 0 Å². The number of nitrogens with one attached hydrogen (secondary N) is 1. The zero-order valence-corrected chi connectivity index (χ0v) is 19.1. The molecular formula is C19H28F3N3O5S2. The van der Waals surface area contributed by atoms with Gasteiger partial charge in [0, 0.05) is 43.6 Å². The number of carbonyl (C=O) groups is 2. The van der Waals surface area contributed by atoms with E-state index in [-0.39, 0.29) is 17.7 Å². The first-order chi connectivity index (χ1) is 15.0. The average molecular weight is 500 g/mol. The Labute approximate surface area is 189 Å². The number of sulfonamides is 1. The van der Waals surface area contributed by atoms with Crippen molar-refractivity contribution >= 4 is 33.2 Å². The Bertz CT molecular complexity index is 835. The minimum Gasteiger partial charge on any atom is -0.475 e. The highest BCUT2D eigenvalue weighted by molar-refractivity contribution is 7.89. The number of nitrogens with zero attached hydrogens (tertiary/aromatic N) is 2. The molecule has 0 radical (unpaired) electrons. The molecule has 1 aliphatic heterocycles. The van der Waals surface area contributed by atoms with Crippen molar-refractivity contribution in [3.05, 3.63) is 22.4 Å². The lowest BCUT2D eigenvalue weighted by molar-refractivity contribution is -0.192. The van der Waals surface area contributed by atoms with Crippen LogP contribution in [0.4, 0.5) is 13.2 Å². The number of aliphatic carboxylic acids is 1. The Balaban J connectivity index is 0.000000451. The van der Waals surface area contributed by atoms with Crippen LogP contribution >= 0.6 is 11.3 Å². The molecule has 32 heavy (non-hydrogen) atoms. The van der Waals surface area contributed by atoms with Gasteiger partial charge in [-0.15, -0.1) is 11.3 Å². The van der Waals surface area contributed by atoms with Crippen molar-refractivity contribution in [3.8, 4) is 0 Å². The van der Waals surface area contributed by atoms with Gasteiger partial charge in [0.05, 0.1) is 12.2 Å². The van der Waals surface area contributed by atoms with Crippen LogP contribution in [0.2, 0.25) is 0 Å². The topological polar surface area (TPSA) is 107 Å². The quantitative estimate of drug-likeness (QED) is 0.594. The van der Waals surface area contributed by atoms with Crippen molar-refractivity contribution in [1.82, 2.24) is 14.5 Å². The van der Waals surface area contributed by atoms with E-state index in [2.05, 4.69) is 5.32 Å². The van der Waals surface area contributed by atoms with Gasteiger partial charge in [0.25, 0.3) is 0 Å². The Morgan fingerprint density at radius 1 is 1.22 bits per heavy atom. The maximum Gasteiger partial charge on any atom is 0.490 e. The zero-order chi connectivity index (χ0) is 23.8. The molecule has 13 heteroatoms. The summed E-state index contributed by atoms with van der Waals surface area (Å²) >= 11 is 1.58. The summed E-state index contributed by atoms with van der Waals surface area (Å²) in [6, 6.07) is 4.11. The highest BCUT2D eigenvalue weighted by Crippen LogP contribution is 2.25. The minimum absolute atomic E-state index is 0.0275. The number of piperazine rings is 1. The molecule has 1 aromatic rings. The van der Waals surface area contributed by atoms with E-state index in [0.717, 1.165) is 30.6 Å². The molecule has 1 saturated carbocycles. The maximum atomic E-state index is 12.8. The lowest BCUT2D eigenvalue weighted by Gasteiger charge is -2.31. The summed E-state index contributed by atoms with van der Waals surface area (Å²) in [7, 11) is -3.30. The second-order valence-electron chi connectivity index (χ2n) is 7.55. The summed E-state index contributed by atoms with van der Waals surface area (Å²) < 4.78 is 58.5. The van der Waals surface area contributed by atoms with Crippen molar-refractivity contribution in [3.63, 3.8) is 0 Å². The monoisotopic (exact) mass is 499 g/mol. The summed E-state index contributed by atoms with van der Waals surface area (Å²) in [4.78, 5) is 24.6. The lowest BCUT2D eigenvalue weighted by Crippen LogP contribution is -2.49. The van der Waals surface area contributed by atoms with Gasteiger partial charge in [0.2, 0.25) is 15.9 Å². The van der Waals surface area contributed by atoms with E-state index < -0.39 is 22.2 Å². The molecule has 1 aliphatic carbocycles. The Morgan fingerprint density at radius 2 is 1.81 bits per heavy atom. The molecule has 1 amide bonds. The van der Waals surface area contributed by atoms with Gasteiger partial charge in [-0.1, -0.05) is 18.9 Å². The molecule has 0 aromatic carbocycles. The number of halogens is 3. The van der Waals surface area contributed by atoms with Gasteiger partial charge in [-0.25, -0.2) is 13.2 Å². The van der Waals surface area contributed by atoms with Gasteiger partial charge in [-0.05, 0) is 24.3 Å².